The molecule has 142 valence electrons. The van der Waals surface area contributed by atoms with Crippen molar-refractivity contribution in [3.8, 4) is 0 Å². The van der Waals surface area contributed by atoms with Gasteiger partial charge in [-0.2, -0.15) is 0 Å². The fourth-order valence-electron chi connectivity index (χ4n) is 3.39. The first-order valence-corrected chi connectivity index (χ1v) is 9.36. The van der Waals surface area contributed by atoms with E-state index in [2.05, 4.69) is 15.7 Å². The summed E-state index contributed by atoms with van der Waals surface area (Å²) < 4.78 is 7.61. The molecule has 2 aromatic rings. The fraction of sp³-hybridized carbons (Fsp3) is 0.611. The normalized spacial score (nSPS) is 13.6. The number of fused-ring (bicyclic) bond motifs is 3. The molecule has 8 nitrogen and oxygen atoms in total. The lowest BCUT2D eigenvalue weighted by molar-refractivity contribution is -0.118. The number of ether oxygens (including phenoxy) is 1. The van der Waals surface area contributed by atoms with Gasteiger partial charge in [-0.15, -0.1) is 0 Å². The highest BCUT2D eigenvalue weighted by Crippen LogP contribution is 2.31. The van der Waals surface area contributed by atoms with Crippen LogP contribution in [-0.4, -0.2) is 40.2 Å². The van der Waals surface area contributed by atoms with E-state index in [1.807, 2.05) is 11.6 Å². The monoisotopic (exact) mass is 360 g/mol. The average molecular weight is 360 g/mol. The minimum atomic E-state index is -0.0111. The predicted octanol–water partition coefficient (Wildman–Crippen LogP) is 1.50. The smallest absolute Gasteiger partial charge is 0.216 e. The second-order valence-corrected chi connectivity index (χ2v) is 6.57. The molecule has 2 heterocycles. The Balaban J connectivity index is 1.91. The molecule has 0 atom stereocenters. The van der Waals surface area contributed by atoms with Crippen molar-refractivity contribution < 1.29 is 9.53 Å². The van der Waals surface area contributed by atoms with Crippen LogP contribution in [0.1, 0.15) is 50.2 Å². The second kappa shape index (κ2) is 8.35. The molecule has 0 aromatic carbocycles. The fourth-order valence-corrected chi connectivity index (χ4v) is 3.39. The Morgan fingerprint density at radius 3 is 2.85 bits per heavy atom. The number of anilines is 1. The number of aryl methyl sites for hydroxylation is 2. The van der Waals surface area contributed by atoms with Gasteiger partial charge in [-0.1, -0.05) is 0 Å². The van der Waals surface area contributed by atoms with Crippen molar-refractivity contribution in [1.82, 2.24) is 20.0 Å². The quantitative estimate of drug-likeness (QED) is 0.616. The average Bonchev–Trinajstić information content (AvgIpc) is 2.99. The van der Waals surface area contributed by atoms with Gasteiger partial charge >= 0.3 is 0 Å². The molecule has 26 heavy (non-hydrogen) atoms. The zero-order valence-electron chi connectivity index (χ0n) is 15.6. The number of hydrogen-bond donors (Lipinski definition) is 3. The maximum absolute atomic E-state index is 11.0. The molecule has 2 aromatic heterocycles. The van der Waals surface area contributed by atoms with Crippen molar-refractivity contribution >= 4 is 22.8 Å². The summed E-state index contributed by atoms with van der Waals surface area (Å²) in [4.78, 5) is 20.3. The minimum absolute atomic E-state index is 0.0111. The van der Waals surface area contributed by atoms with Gasteiger partial charge in [0.1, 0.15) is 12.1 Å². The van der Waals surface area contributed by atoms with Gasteiger partial charge in [-0.3, -0.25) is 4.79 Å². The number of nitrogens with one attached hydrogen (secondary N) is 2. The van der Waals surface area contributed by atoms with Crippen LogP contribution in [0.15, 0.2) is 0 Å². The van der Waals surface area contributed by atoms with Gasteiger partial charge in [-0.25, -0.2) is 14.6 Å². The molecular weight excluding hydrogens is 332 g/mol. The molecule has 0 saturated carbocycles. The van der Waals surface area contributed by atoms with E-state index in [9.17, 15) is 4.79 Å². The number of aromatic nitrogens is 3. The lowest BCUT2D eigenvalue weighted by Crippen LogP contribution is -2.26. The number of amides is 1. The largest absolute Gasteiger partial charge is 0.382 e. The van der Waals surface area contributed by atoms with Crippen LogP contribution in [0, 0.1) is 0 Å². The van der Waals surface area contributed by atoms with E-state index in [1.165, 1.54) is 12.5 Å². The number of hydrogen-bond acceptors (Lipinski definition) is 6. The summed E-state index contributed by atoms with van der Waals surface area (Å²) >= 11 is 0. The van der Waals surface area contributed by atoms with Crippen molar-refractivity contribution in [3.05, 3.63) is 17.1 Å². The zero-order valence-corrected chi connectivity index (χ0v) is 15.6. The molecule has 1 aliphatic carbocycles. The lowest BCUT2D eigenvalue weighted by Gasteiger charge is -2.19. The van der Waals surface area contributed by atoms with Crippen molar-refractivity contribution in [2.24, 2.45) is 0 Å². The molecule has 4 N–H and O–H groups in total. The van der Waals surface area contributed by atoms with Crippen LogP contribution in [0.5, 0.6) is 0 Å². The Labute approximate surface area is 153 Å². The summed E-state index contributed by atoms with van der Waals surface area (Å²) in [5.41, 5.74) is 13.7. The minimum Gasteiger partial charge on any atom is -0.382 e. The van der Waals surface area contributed by atoms with E-state index in [4.69, 9.17) is 15.5 Å². The molecule has 3 rings (SSSR count). The van der Waals surface area contributed by atoms with Gasteiger partial charge in [0.05, 0.1) is 5.52 Å². The highest BCUT2D eigenvalue weighted by Gasteiger charge is 2.22. The first kappa shape index (κ1) is 18.4. The molecule has 0 spiro atoms. The SMILES string of the molecule is CCOCc1nc2c(N)nc3c(c2n1NCCCNC(C)=O)CCCC3. The molecule has 1 aliphatic rings. The number of rotatable bonds is 8. The number of nitrogens with two attached hydrogens (primary N) is 1. The van der Waals surface area contributed by atoms with Crippen LogP contribution in [-0.2, 0) is 29.0 Å². The van der Waals surface area contributed by atoms with E-state index < -0.39 is 0 Å². The Morgan fingerprint density at radius 2 is 2.08 bits per heavy atom. The first-order valence-electron chi connectivity index (χ1n) is 9.36. The maximum Gasteiger partial charge on any atom is 0.216 e. The Morgan fingerprint density at radius 1 is 1.27 bits per heavy atom. The standard InChI is InChI=1S/C18H28N6O2/c1-3-26-11-15-23-16-17(24(15)21-10-6-9-20-12(2)25)13-7-4-5-8-14(13)22-18(16)19/h21H,3-11H2,1-2H3,(H2,19,22)(H,20,25). The topological polar surface area (TPSA) is 107 Å². The van der Waals surface area contributed by atoms with Gasteiger partial charge < -0.3 is 21.2 Å². The van der Waals surface area contributed by atoms with E-state index in [1.54, 1.807) is 0 Å². The summed E-state index contributed by atoms with van der Waals surface area (Å²) in [6, 6.07) is 0. The summed E-state index contributed by atoms with van der Waals surface area (Å²) in [5, 5.41) is 2.81. The summed E-state index contributed by atoms with van der Waals surface area (Å²) in [6.45, 7) is 5.87. The molecule has 8 heteroatoms. The molecule has 0 aliphatic heterocycles. The van der Waals surface area contributed by atoms with Crippen LogP contribution < -0.4 is 16.5 Å². The van der Waals surface area contributed by atoms with Gasteiger partial charge in [-0.05, 0) is 39.0 Å². The summed E-state index contributed by atoms with van der Waals surface area (Å²) in [6.07, 6.45) is 5.07. The van der Waals surface area contributed by atoms with E-state index in [-0.39, 0.29) is 5.91 Å². The molecule has 0 bridgehead atoms. The zero-order chi connectivity index (χ0) is 18.5. The van der Waals surface area contributed by atoms with E-state index in [0.29, 0.717) is 32.1 Å². The highest BCUT2D eigenvalue weighted by molar-refractivity contribution is 5.89. The maximum atomic E-state index is 11.0. The molecule has 0 unspecified atom stereocenters. The van der Waals surface area contributed by atoms with Gasteiger partial charge in [0, 0.05) is 37.9 Å². The summed E-state index contributed by atoms with van der Waals surface area (Å²) in [7, 11) is 0. The Bertz CT molecular complexity index is 786. The Kier molecular flexibility index (Phi) is 5.92. The predicted molar refractivity (Wildman–Crippen MR) is 101 cm³/mol. The third-order valence-corrected chi connectivity index (χ3v) is 4.60. The van der Waals surface area contributed by atoms with E-state index in [0.717, 1.165) is 54.7 Å². The highest BCUT2D eigenvalue weighted by atomic mass is 16.5. The lowest BCUT2D eigenvalue weighted by atomic mass is 9.95. The molecule has 1 amide bonds. The molecule has 0 fully saturated rings. The van der Waals surface area contributed by atoms with E-state index >= 15 is 0 Å². The second-order valence-electron chi connectivity index (χ2n) is 6.57. The number of nitrogens with zero attached hydrogens (tertiary/aromatic N) is 3. The van der Waals surface area contributed by atoms with Crippen LogP contribution in [0.25, 0.3) is 11.0 Å². The molecular formula is C18H28N6O2. The number of carbonyl (C=O) groups is 1. The number of imidazole rings is 1. The number of carbonyl (C=O) groups excluding carboxylic acids is 1. The van der Waals surface area contributed by atoms with Crippen molar-refractivity contribution in [3.63, 3.8) is 0 Å². The number of pyridine rings is 1. The molecule has 0 saturated heterocycles. The van der Waals surface area contributed by atoms with Crippen LogP contribution in [0.2, 0.25) is 0 Å². The van der Waals surface area contributed by atoms with Crippen molar-refractivity contribution in [2.45, 2.75) is 52.6 Å². The van der Waals surface area contributed by atoms with Gasteiger partial charge in [0.15, 0.2) is 11.6 Å². The molecule has 0 radical (unpaired) electrons. The summed E-state index contributed by atoms with van der Waals surface area (Å²) in [5.74, 6) is 1.27. The van der Waals surface area contributed by atoms with Crippen LogP contribution >= 0.6 is 0 Å². The third kappa shape index (κ3) is 3.90. The van der Waals surface area contributed by atoms with Crippen molar-refractivity contribution in [1.29, 1.82) is 0 Å². The number of nitrogen functional groups attached to an aromatic ring is 1. The van der Waals surface area contributed by atoms with Gasteiger partial charge in [0.2, 0.25) is 5.91 Å². The Hall–Kier alpha value is -2.35. The third-order valence-electron chi connectivity index (χ3n) is 4.60. The first-order chi connectivity index (χ1) is 12.6. The van der Waals surface area contributed by atoms with Crippen LogP contribution in [0.4, 0.5) is 5.82 Å². The van der Waals surface area contributed by atoms with Crippen LogP contribution in [0.3, 0.4) is 0 Å². The van der Waals surface area contributed by atoms with Crippen molar-refractivity contribution in [2.75, 3.05) is 30.9 Å². The van der Waals surface area contributed by atoms with Gasteiger partial charge in [0.25, 0.3) is 0 Å².